The number of nitrogens with zero attached hydrogens (tertiary/aromatic N) is 4. The molecule has 0 aliphatic heterocycles. The molecule has 0 fully saturated rings. The second-order valence-electron chi connectivity index (χ2n) is 6.08. The molecule has 0 spiro atoms. The Morgan fingerprint density at radius 3 is 2.78 bits per heavy atom. The van der Waals surface area contributed by atoms with Crippen LogP contribution in [0.5, 0.6) is 0 Å². The van der Waals surface area contributed by atoms with E-state index in [1.807, 2.05) is 60.1 Å². The van der Waals surface area contributed by atoms with Crippen LogP contribution in [-0.4, -0.2) is 25.7 Å². The average Bonchev–Trinajstić information content (AvgIpc) is 3.11. The Morgan fingerprint density at radius 2 is 1.96 bits per heavy atom. The van der Waals surface area contributed by atoms with Crippen molar-refractivity contribution in [2.75, 3.05) is 5.32 Å². The lowest BCUT2D eigenvalue weighted by Crippen LogP contribution is -2.13. The standard InChI is InChI=1S/C20H17N5OS/c1-25-13-22-24-20(25)27-12-14-5-4-8-17(9-14)23-19(26)18-10-15-6-2-3-7-16(15)11-21-18/h2-11,13H,12H2,1H3,(H,23,26). The van der Waals surface area contributed by atoms with Gasteiger partial charge in [-0.1, -0.05) is 48.2 Å². The molecule has 1 amide bonds. The van der Waals surface area contributed by atoms with Gasteiger partial charge in [0.15, 0.2) is 5.16 Å². The molecule has 0 saturated carbocycles. The average molecular weight is 375 g/mol. The summed E-state index contributed by atoms with van der Waals surface area (Å²) in [5, 5.41) is 13.7. The van der Waals surface area contributed by atoms with Crippen LogP contribution in [0, 0.1) is 0 Å². The molecule has 0 radical (unpaired) electrons. The molecule has 27 heavy (non-hydrogen) atoms. The summed E-state index contributed by atoms with van der Waals surface area (Å²) in [6.07, 6.45) is 3.40. The maximum atomic E-state index is 12.6. The largest absolute Gasteiger partial charge is 0.321 e. The zero-order valence-electron chi connectivity index (χ0n) is 14.7. The number of thioether (sulfide) groups is 1. The highest BCUT2D eigenvalue weighted by atomic mass is 32.2. The first-order valence-corrected chi connectivity index (χ1v) is 9.39. The van der Waals surface area contributed by atoms with Crippen molar-refractivity contribution in [2.24, 2.45) is 7.05 Å². The first-order chi connectivity index (χ1) is 13.2. The van der Waals surface area contributed by atoms with Gasteiger partial charge in [-0.3, -0.25) is 9.78 Å². The third-order valence-corrected chi connectivity index (χ3v) is 5.19. The Balaban J connectivity index is 1.46. The number of anilines is 1. The number of fused-ring (bicyclic) bond motifs is 1. The molecule has 0 bridgehead atoms. The zero-order chi connectivity index (χ0) is 18.6. The SMILES string of the molecule is Cn1cnnc1SCc1cccc(NC(=O)c2cc3ccccc3cn2)c1. The number of hydrogen-bond donors (Lipinski definition) is 1. The molecule has 0 aliphatic carbocycles. The first-order valence-electron chi connectivity index (χ1n) is 8.41. The minimum absolute atomic E-state index is 0.223. The first kappa shape index (κ1) is 17.2. The number of amides is 1. The van der Waals surface area contributed by atoms with Gasteiger partial charge in [-0.05, 0) is 29.1 Å². The maximum Gasteiger partial charge on any atom is 0.274 e. The molecule has 6 nitrogen and oxygen atoms in total. The smallest absolute Gasteiger partial charge is 0.274 e. The van der Waals surface area contributed by atoms with Gasteiger partial charge in [0.25, 0.3) is 5.91 Å². The molecular weight excluding hydrogens is 358 g/mol. The summed E-state index contributed by atoms with van der Waals surface area (Å²) < 4.78 is 1.88. The summed E-state index contributed by atoms with van der Waals surface area (Å²) in [6, 6.07) is 17.4. The summed E-state index contributed by atoms with van der Waals surface area (Å²) in [6.45, 7) is 0. The fourth-order valence-electron chi connectivity index (χ4n) is 2.69. The molecule has 0 saturated heterocycles. The number of rotatable bonds is 5. The van der Waals surface area contributed by atoms with E-state index in [4.69, 9.17) is 0 Å². The van der Waals surface area contributed by atoms with Crippen LogP contribution in [0.25, 0.3) is 10.8 Å². The summed E-state index contributed by atoms with van der Waals surface area (Å²) in [5.74, 6) is 0.517. The van der Waals surface area contributed by atoms with Crippen molar-refractivity contribution in [3.8, 4) is 0 Å². The lowest BCUT2D eigenvalue weighted by molar-refractivity contribution is 0.102. The number of hydrogen-bond acceptors (Lipinski definition) is 5. The van der Waals surface area contributed by atoms with Crippen molar-refractivity contribution in [3.63, 3.8) is 0 Å². The monoisotopic (exact) mass is 375 g/mol. The molecule has 2 aromatic carbocycles. The lowest BCUT2D eigenvalue weighted by atomic mass is 10.1. The van der Waals surface area contributed by atoms with Gasteiger partial charge in [0.1, 0.15) is 12.0 Å². The predicted molar refractivity (Wildman–Crippen MR) is 107 cm³/mol. The molecule has 0 atom stereocenters. The number of pyridine rings is 1. The predicted octanol–water partition coefficient (Wildman–Crippen LogP) is 3.91. The van der Waals surface area contributed by atoms with Gasteiger partial charge in [0.05, 0.1) is 0 Å². The van der Waals surface area contributed by atoms with Gasteiger partial charge in [-0.25, -0.2) is 0 Å². The van der Waals surface area contributed by atoms with Crippen LogP contribution in [0.15, 0.2) is 72.3 Å². The van der Waals surface area contributed by atoms with Crippen LogP contribution in [0.2, 0.25) is 0 Å². The van der Waals surface area contributed by atoms with E-state index < -0.39 is 0 Å². The van der Waals surface area contributed by atoms with Crippen molar-refractivity contribution in [1.82, 2.24) is 19.7 Å². The van der Waals surface area contributed by atoms with Crippen molar-refractivity contribution in [2.45, 2.75) is 10.9 Å². The van der Waals surface area contributed by atoms with Crippen molar-refractivity contribution < 1.29 is 4.79 Å². The molecule has 2 heterocycles. The molecule has 2 aromatic heterocycles. The van der Waals surface area contributed by atoms with Crippen molar-refractivity contribution in [1.29, 1.82) is 0 Å². The summed E-state index contributed by atoms with van der Waals surface area (Å²) in [7, 11) is 1.91. The van der Waals surface area contributed by atoms with Crippen LogP contribution in [0.4, 0.5) is 5.69 Å². The van der Waals surface area contributed by atoms with Gasteiger partial charge in [0, 0.05) is 30.1 Å². The molecule has 4 rings (SSSR count). The van der Waals surface area contributed by atoms with Gasteiger partial charge in [-0.2, -0.15) is 0 Å². The summed E-state index contributed by atoms with van der Waals surface area (Å²) in [5.41, 5.74) is 2.23. The van der Waals surface area contributed by atoms with E-state index in [1.165, 1.54) is 0 Å². The van der Waals surface area contributed by atoms with E-state index in [9.17, 15) is 4.79 Å². The maximum absolute atomic E-state index is 12.6. The van der Waals surface area contributed by atoms with Gasteiger partial charge >= 0.3 is 0 Å². The van der Waals surface area contributed by atoms with Gasteiger partial charge < -0.3 is 9.88 Å². The normalized spacial score (nSPS) is 10.9. The van der Waals surface area contributed by atoms with Crippen LogP contribution in [0.3, 0.4) is 0 Å². The van der Waals surface area contributed by atoms with E-state index in [0.717, 1.165) is 32.9 Å². The van der Waals surface area contributed by atoms with E-state index in [1.54, 1.807) is 30.4 Å². The number of aryl methyl sites for hydroxylation is 1. The summed E-state index contributed by atoms with van der Waals surface area (Å²) in [4.78, 5) is 16.8. The Kier molecular flexibility index (Phi) is 4.84. The number of benzene rings is 2. The molecule has 134 valence electrons. The molecule has 0 aliphatic rings. The minimum atomic E-state index is -0.223. The molecule has 1 N–H and O–H groups in total. The third kappa shape index (κ3) is 3.98. The topological polar surface area (TPSA) is 72.7 Å². The number of aromatic nitrogens is 4. The van der Waals surface area contributed by atoms with Crippen molar-refractivity contribution >= 4 is 34.1 Å². The minimum Gasteiger partial charge on any atom is -0.321 e. The Morgan fingerprint density at radius 1 is 1.11 bits per heavy atom. The lowest BCUT2D eigenvalue weighted by Gasteiger charge is -2.08. The fraction of sp³-hybridized carbons (Fsp3) is 0.100. The van der Waals surface area contributed by atoms with Gasteiger partial charge in [-0.15, -0.1) is 10.2 Å². The summed E-state index contributed by atoms with van der Waals surface area (Å²) >= 11 is 1.60. The molecular formula is C20H17N5OS. The highest BCUT2D eigenvalue weighted by molar-refractivity contribution is 7.98. The Hall–Kier alpha value is -3.19. The second kappa shape index (κ2) is 7.59. The van der Waals surface area contributed by atoms with Crippen LogP contribution < -0.4 is 5.32 Å². The number of nitrogens with one attached hydrogen (secondary N) is 1. The molecule has 0 unspecified atom stereocenters. The van der Waals surface area contributed by atoms with Crippen LogP contribution in [-0.2, 0) is 12.8 Å². The molecule has 4 aromatic rings. The number of carbonyl (C=O) groups excluding carboxylic acids is 1. The fourth-order valence-corrected chi connectivity index (χ4v) is 3.52. The van der Waals surface area contributed by atoms with Crippen molar-refractivity contribution in [3.05, 3.63) is 78.4 Å². The Labute approximate surface area is 160 Å². The van der Waals surface area contributed by atoms with E-state index in [0.29, 0.717) is 5.69 Å². The molecule has 7 heteroatoms. The zero-order valence-corrected chi connectivity index (χ0v) is 15.5. The van der Waals surface area contributed by atoms with E-state index >= 15 is 0 Å². The van der Waals surface area contributed by atoms with E-state index in [-0.39, 0.29) is 5.91 Å². The Bertz CT molecular complexity index is 1110. The quantitative estimate of drug-likeness (QED) is 0.536. The third-order valence-electron chi connectivity index (χ3n) is 4.09. The highest BCUT2D eigenvalue weighted by Gasteiger charge is 2.09. The van der Waals surface area contributed by atoms with Gasteiger partial charge in [0.2, 0.25) is 0 Å². The van der Waals surface area contributed by atoms with E-state index in [2.05, 4.69) is 20.5 Å². The van der Waals surface area contributed by atoms with Crippen LogP contribution >= 0.6 is 11.8 Å². The highest BCUT2D eigenvalue weighted by Crippen LogP contribution is 2.22. The second-order valence-corrected chi connectivity index (χ2v) is 7.03. The van der Waals surface area contributed by atoms with Crippen LogP contribution in [0.1, 0.15) is 16.1 Å². The number of carbonyl (C=O) groups is 1.